The van der Waals surface area contributed by atoms with E-state index < -0.39 is 16.1 Å². The SMILES string of the molecule is CN(C)S(=O)(=O)c1ccc2c(c1)N(C(=O)[C@H]1CCCO1)CCC2. The van der Waals surface area contributed by atoms with E-state index in [1.54, 1.807) is 17.0 Å². The van der Waals surface area contributed by atoms with E-state index in [2.05, 4.69) is 0 Å². The lowest BCUT2D eigenvalue weighted by Gasteiger charge is -2.31. The fraction of sp³-hybridized carbons (Fsp3) is 0.562. The number of amides is 1. The van der Waals surface area contributed by atoms with Gasteiger partial charge in [-0.2, -0.15) is 0 Å². The van der Waals surface area contributed by atoms with Crippen molar-refractivity contribution in [2.24, 2.45) is 0 Å². The number of hydrogen-bond acceptors (Lipinski definition) is 4. The minimum atomic E-state index is -3.51. The Hall–Kier alpha value is -1.44. The molecular weight excluding hydrogens is 316 g/mol. The van der Waals surface area contributed by atoms with Crippen LogP contribution in [0, 0.1) is 0 Å². The highest BCUT2D eigenvalue weighted by atomic mass is 32.2. The van der Waals surface area contributed by atoms with Crippen LogP contribution in [-0.4, -0.2) is 52.0 Å². The Morgan fingerprint density at radius 3 is 2.74 bits per heavy atom. The van der Waals surface area contributed by atoms with Crippen LogP contribution in [0.5, 0.6) is 0 Å². The van der Waals surface area contributed by atoms with Crippen molar-refractivity contribution in [3.05, 3.63) is 23.8 Å². The molecule has 0 unspecified atom stereocenters. The molecule has 0 radical (unpaired) electrons. The van der Waals surface area contributed by atoms with Gasteiger partial charge in [-0.1, -0.05) is 6.07 Å². The van der Waals surface area contributed by atoms with Crippen LogP contribution in [0.4, 0.5) is 5.69 Å². The third-order valence-corrected chi connectivity index (χ3v) is 6.24. The van der Waals surface area contributed by atoms with E-state index in [0.29, 0.717) is 18.8 Å². The molecule has 1 aromatic carbocycles. The number of aryl methyl sites for hydroxylation is 1. The summed E-state index contributed by atoms with van der Waals surface area (Å²) in [6.07, 6.45) is 2.97. The van der Waals surface area contributed by atoms with E-state index in [1.807, 2.05) is 6.07 Å². The third kappa shape index (κ3) is 3.00. The molecule has 1 amide bonds. The van der Waals surface area contributed by atoms with Crippen molar-refractivity contribution in [2.45, 2.75) is 36.7 Å². The molecule has 0 aliphatic carbocycles. The normalized spacial score (nSPS) is 21.5. The maximum absolute atomic E-state index is 12.7. The molecule has 0 saturated carbocycles. The van der Waals surface area contributed by atoms with Gasteiger partial charge >= 0.3 is 0 Å². The Morgan fingerprint density at radius 2 is 2.09 bits per heavy atom. The summed E-state index contributed by atoms with van der Waals surface area (Å²) >= 11 is 0. The second-order valence-electron chi connectivity index (χ2n) is 6.17. The van der Waals surface area contributed by atoms with Crippen molar-refractivity contribution in [2.75, 3.05) is 32.1 Å². The number of carbonyl (C=O) groups is 1. The zero-order valence-electron chi connectivity index (χ0n) is 13.5. The molecule has 3 rings (SSSR count). The van der Waals surface area contributed by atoms with Gasteiger partial charge in [0.25, 0.3) is 5.91 Å². The second kappa shape index (κ2) is 6.22. The van der Waals surface area contributed by atoms with Crippen molar-refractivity contribution >= 4 is 21.6 Å². The fourth-order valence-corrected chi connectivity index (χ4v) is 4.02. The highest BCUT2D eigenvalue weighted by molar-refractivity contribution is 7.89. The second-order valence-corrected chi connectivity index (χ2v) is 8.32. The van der Waals surface area contributed by atoms with Crippen molar-refractivity contribution in [1.82, 2.24) is 4.31 Å². The van der Waals surface area contributed by atoms with Crippen molar-refractivity contribution in [3.8, 4) is 0 Å². The van der Waals surface area contributed by atoms with Gasteiger partial charge in [-0.15, -0.1) is 0 Å². The van der Waals surface area contributed by atoms with Crippen molar-refractivity contribution in [1.29, 1.82) is 0 Å². The first-order chi connectivity index (χ1) is 10.9. The predicted molar refractivity (Wildman–Crippen MR) is 87.0 cm³/mol. The van der Waals surface area contributed by atoms with Gasteiger partial charge in [0.1, 0.15) is 6.10 Å². The van der Waals surface area contributed by atoms with Crippen molar-refractivity contribution < 1.29 is 17.9 Å². The van der Waals surface area contributed by atoms with Crippen LogP contribution in [0.2, 0.25) is 0 Å². The topological polar surface area (TPSA) is 66.9 Å². The molecule has 0 spiro atoms. The minimum Gasteiger partial charge on any atom is -0.368 e. The summed E-state index contributed by atoms with van der Waals surface area (Å²) < 4.78 is 31.4. The van der Waals surface area contributed by atoms with Crippen LogP contribution in [0.1, 0.15) is 24.8 Å². The molecule has 1 fully saturated rings. The van der Waals surface area contributed by atoms with Gasteiger partial charge in [0.05, 0.1) is 4.90 Å². The maximum atomic E-state index is 12.7. The first kappa shape index (κ1) is 16.4. The number of fused-ring (bicyclic) bond motifs is 1. The summed E-state index contributed by atoms with van der Waals surface area (Å²) in [6, 6.07) is 5.06. The predicted octanol–water partition coefficient (Wildman–Crippen LogP) is 1.40. The molecular formula is C16H22N2O4S. The van der Waals surface area contributed by atoms with Crippen LogP contribution >= 0.6 is 0 Å². The summed E-state index contributed by atoms with van der Waals surface area (Å²) in [5, 5.41) is 0. The molecule has 7 heteroatoms. The number of carbonyl (C=O) groups excluding carboxylic acids is 1. The van der Waals surface area contributed by atoms with Crippen LogP contribution < -0.4 is 4.90 Å². The summed E-state index contributed by atoms with van der Waals surface area (Å²) in [4.78, 5) is 14.6. The molecule has 0 bridgehead atoms. The zero-order chi connectivity index (χ0) is 16.6. The van der Waals surface area contributed by atoms with E-state index in [-0.39, 0.29) is 10.8 Å². The van der Waals surface area contributed by atoms with Crippen LogP contribution in [0.3, 0.4) is 0 Å². The lowest BCUT2D eigenvalue weighted by Crippen LogP contribution is -2.42. The molecule has 23 heavy (non-hydrogen) atoms. The summed E-state index contributed by atoms with van der Waals surface area (Å²) in [5.74, 6) is -0.0529. The Labute approximate surface area is 137 Å². The largest absolute Gasteiger partial charge is 0.368 e. The average Bonchev–Trinajstić information content (AvgIpc) is 3.07. The van der Waals surface area contributed by atoms with E-state index in [1.165, 1.54) is 18.4 Å². The lowest BCUT2D eigenvalue weighted by atomic mass is 10.0. The molecule has 2 aliphatic heterocycles. The Balaban J connectivity index is 1.98. The van der Waals surface area contributed by atoms with Gasteiger partial charge in [-0.3, -0.25) is 4.79 Å². The molecule has 126 valence electrons. The maximum Gasteiger partial charge on any atom is 0.256 e. The molecule has 1 atom stereocenters. The van der Waals surface area contributed by atoms with E-state index in [9.17, 15) is 13.2 Å². The van der Waals surface area contributed by atoms with Gasteiger partial charge in [0.15, 0.2) is 0 Å². The first-order valence-corrected chi connectivity index (χ1v) is 9.33. The number of nitrogens with zero attached hydrogens (tertiary/aromatic N) is 2. The van der Waals surface area contributed by atoms with Gasteiger partial charge in [0.2, 0.25) is 10.0 Å². The van der Waals surface area contributed by atoms with Gasteiger partial charge in [-0.25, -0.2) is 12.7 Å². The summed E-state index contributed by atoms with van der Waals surface area (Å²) in [7, 11) is -0.506. The average molecular weight is 338 g/mol. The van der Waals surface area contributed by atoms with Crippen LogP contribution in [0.25, 0.3) is 0 Å². The zero-order valence-corrected chi connectivity index (χ0v) is 14.3. The molecule has 1 saturated heterocycles. The van der Waals surface area contributed by atoms with Gasteiger partial charge in [0, 0.05) is 32.9 Å². The summed E-state index contributed by atoms with van der Waals surface area (Å²) in [6.45, 7) is 1.23. The lowest BCUT2D eigenvalue weighted by molar-refractivity contribution is -0.127. The highest BCUT2D eigenvalue weighted by Crippen LogP contribution is 2.32. The van der Waals surface area contributed by atoms with E-state index in [4.69, 9.17) is 4.74 Å². The highest BCUT2D eigenvalue weighted by Gasteiger charge is 2.32. The van der Waals surface area contributed by atoms with E-state index in [0.717, 1.165) is 31.2 Å². The quantitative estimate of drug-likeness (QED) is 0.835. The van der Waals surface area contributed by atoms with Crippen LogP contribution in [-0.2, 0) is 26.0 Å². The molecule has 0 N–H and O–H groups in total. The van der Waals surface area contributed by atoms with Gasteiger partial charge < -0.3 is 9.64 Å². The fourth-order valence-electron chi connectivity index (χ4n) is 3.10. The number of hydrogen-bond donors (Lipinski definition) is 0. The number of rotatable bonds is 3. The molecule has 0 aromatic heterocycles. The minimum absolute atomic E-state index is 0.0529. The number of benzene rings is 1. The Kier molecular flexibility index (Phi) is 4.44. The monoisotopic (exact) mass is 338 g/mol. The standard InChI is InChI=1S/C16H22N2O4S/c1-17(2)23(20,21)13-8-7-12-5-3-9-18(14(12)11-13)16(19)15-6-4-10-22-15/h7-8,11,15H,3-6,9-10H2,1-2H3/t15-/m1/s1. The number of ether oxygens (including phenoxy) is 1. The van der Waals surface area contributed by atoms with Crippen LogP contribution in [0.15, 0.2) is 23.1 Å². The molecule has 6 nitrogen and oxygen atoms in total. The van der Waals surface area contributed by atoms with E-state index >= 15 is 0 Å². The summed E-state index contributed by atoms with van der Waals surface area (Å²) in [5.41, 5.74) is 1.72. The molecule has 1 aromatic rings. The molecule has 2 aliphatic rings. The number of sulfonamides is 1. The van der Waals surface area contributed by atoms with Crippen molar-refractivity contribution in [3.63, 3.8) is 0 Å². The van der Waals surface area contributed by atoms with Gasteiger partial charge in [-0.05, 0) is 43.4 Å². The molecule has 2 heterocycles. The third-order valence-electron chi connectivity index (χ3n) is 4.43. The Morgan fingerprint density at radius 1 is 1.30 bits per heavy atom. The Bertz CT molecular complexity index is 709. The smallest absolute Gasteiger partial charge is 0.256 e. The number of anilines is 1. The first-order valence-electron chi connectivity index (χ1n) is 7.89.